The van der Waals surface area contributed by atoms with Gasteiger partial charge in [-0.15, -0.1) is 0 Å². The van der Waals surface area contributed by atoms with Crippen molar-refractivity contribution in [3.8, 4) is 11.3 Å². The number of amides is 1. The predicted octanol–water partition coefficient (Wildman–Crippen LogP) is 3.91. The number of nitrogens with zero attached hydrogens (tertiary/aromatic N) is 4. The molecule has 1 aliphatic rings. The van der Waals surface area contributed by atoms with Crippen LogP contribution in [-0.2, 0) is 0 Å². The molecular weight excluding hydrogens is 359 g/mol. The lowest BCUT2D eigenvalue weighted by molar-refractivity contribution is 0.0705. The summed E-state index contributed by atoms with van der Waals surface area (Å²) in [5.41, 5.74) is 2.82. The molecule has 1 aliphatic heterocycles. The zero-order chi connectivity index (χ0) is 19.7. The van der Waals surface area contributed by atoms with E-state index in [1.807, 2.05) is 19.9 Å². The van der Waals surface area contributed by atoms with Crippen LogP contribution in [0.1, 0.15) is 46.3 Å². The number of likely N-dealkylation sites (tertiary alicyclic amines) is 1. The first-order valence-electron chi connectivity index (χ1n) is 9.33. The standard InChI is InChI=1S/C21H21FN4O2/c1-13-9-19(28-25-13)18-11-23-14(2)24-20(18)16-6-4-8-26(12-16)21(27)15-5-3-7-17(22)10-15/h3,5,7,9-11,16H,4,6,8,12H2,1-2H3. The lowest BCUT2D eigenvalue weighted by Crippen LogP contribution is -2.39. The number of hydrogen-bond acceptors (Lipinski definition) is 5. The molecule has 1 saturated heterocycles. The number of carbonyl (C=O) groups is 1. The molecule has 0 spiro atoms. The Hall–Kier alpha value is -3.09. The molecule has 0 radical (unpaired) electrons. The molecule has 3 heterocycles. The molecule has 0 bridgehead atoms. The number of carbonyl (C=O) groups excluding carboxylic acids is 1. The summed E-state index contributed by atoms with van der Waals surface area (Å²) in [6.45, 7) is 4.87. The van der Waals surface area contributed by atoms with Crippen molar-refractivity contribution < 1.29 is 13.7 Å². The summed E-state index contributed by atoms with van der Waals surface area (Å²) in [7, 11) is 0. The maximum atomic E-state index is 13.5. The molecule has 144 valence electrons. The highest BCUT2D eigenvalue weighted by atomic mass is 19.1. The van der Waals surface area contributed by atoms with Crippen molar-refractivity contribution in [1.82, 2.24) is 20.0 Å². The van der Waals surface area contributed by atoms with Gasteiger partial charge in [0.1, 0.15) is 11.6 Å². The van der Waals surface area contributed by atoms with Crippen LogP contribution < -0.4 is 0 Å². The second kappa shape index (κ2) is 7.50. The molecule has 7 heteroatoms. The summed E-state index contributed by atoms with van der Waals surface area (Å²) in [5.74, 6) is 0.777. The molecule has 4 rings (SSSR count). The first kappa shape index (κ1) is 18.3. The second-order valence-corrected chi connectivity index (χ2v) is 7.15. The maximum absolute atomic E-state index is 13.5. The molecule has 2 aromatic heterocycles. The quantitative estimate of drug-likeness (QED) is 0.689. The van der Waals surface area contributed by atoms with E-state index in [4.69, 9.17) is 4.52 Å². The third kappa shape index (κ3) is 3.65. The van der Waals surface area contributed by atoms with Gasteiger partial charge >= 0.3 is 0 Å². The number of benzene rings is 1. The molecule has 0 aliphatic carbocycles. The smallest absolute Gasteiger partial charge is 0.253 e. The van der Waals surface area contributed by atoms with Crippen molar-refractivity contribution >= 4 is 5.91 Å². The monoisotopic (exact) mass is 380 g/mol. The van der Waals surface area contributed by atoms with Gasteiger partial charge in [0.05, 0.1) is 17.0 Å². The van der Waals surface area contributed by atoms with Gasteiger partial charge in [-0.3, -0.25) is 4.79 Å². The summed E-state index contributed by atoms with van der Waals surface area (Å²) < 4.78 is 18.9. The third-order valence-corrected chi connectivity index (χ3v) is 5.00. The van der Waals surface area contributed by atoms with Crippen molar-refractivity contribution in [3.05, 3.63) is 65.1 Å². The summed E-state index contributed by atoms with van der Waals surface area (Å²) in [6.07, 6.45) is 3.51. The highest BCUT2D eigenvalue weighted by molar-refractivity contribution is 5.94. The number of hydrogen-bond donors (Lipinski definition) is 0. The fourth-order valence-electron chi connectivity index (χ4n) is 3.67. The van der Waals surface area contributed by atoms with E-state index in [-0.39, 0.29) is 11.8 Å². The largest absolute Gasteiger partial charge is 0.356 e. The molecule has 1 atom stereocenters. The Labute approximate surface area is 162 Å². The van der Waals surface area contributed by atoms with E-state index in [1.165, 1.54) is 12.1 Å². The van der Waals surface area contributed by atoms with Gasteiger partial charge in [0.2, 0.25) is 0 Å². The van der Waals surface area contributed by atoms with Crippen molar-refractivity contribution in [3.63, 3.8) is 0 Å². The highest BCUT2D eigenvalue weighted by Gasteiger charge is 2.29. The van der Waals surface area contributed by atoms with Crippen LogP contribution in [0, 0.1) is 19.7 Å². The van der Waals surface area contributed by atoms with Crippen LogP contribution in [0.4, 0.5) is 4.39 Å². The van der Waals surface area contributed by atoms with E-state index in [1.54, 1.807) is 23.2 Å². The van der Waals surface area contributed by atoms with Crippen LogP contribution in [0.3, 0.4) is 0 Å². The number of piperidine rings is 1. The van der Waals surface area contributed by atoms with Gasteiger partial charge < -0.3 is 9.42 Å². The van der Waals surface area contributed by atoms with E-state index in [9.17, 15) is 9.18 Å². The van der Waals surface area contributed by atoms with Gasteiger partial charge in [0.15, 0.2) is 5.76 Å². The van der Waals surface area contributed by atoms with E-state index in [0.717, 1.165) is 29.8 Å². The van der Waals surface area contributed by atoms with Gasteiger partial charge in [-0.1, -0.05) is 11.2 Å². The van der Waals surface area contributed by atoms with Gasteiger partial charge in [0.25, 0.3) is 5.91 Å². The molecule has 1 fully saturated rings. The van der Waals surface area contributed by atoms with E-state index in [2.05, 4.69) is 15.1 Å². The van der Waals surface area contributed by atoms with Crippen molar-refractivity contribution in [2.75, 3.05) is 13.1 Å². The second-order valence-electron chi connectivity index (χ2n) is 7.15. The van der Waals surface area contributed by atoms with Gasteiger partial charge in [-0.2, -0.15) is 0 Å². The summed E-state index contributed by atoms with van der Waals surface area (Å²) in [6, 6.07) is 7.68. The molecule has 0 N–H and O–H groups in total. The third-order valence-electron chi connectivity index (χ3n) is 5.00. The van der Waals surface area contributed by atoms with Crippen LogP contribution >= 0.6 is 0 Å². The van der Waals surface area contributed by atoms with Gasteiger partial charge in [-0.25, -0.2) is 14.4 Å². The summed E-state index contributed by atoms with van der Waals surface area (Å²) in [5, 5.41) is 3.96. The Kier molecular flexibility index (Phi) is 4.90. The summed E-state index contributed by atoms with van der Waals surface area (Å²) >= 11 is 0. The Balaban J connectivity index is 1.63. The molecule has 1 unspecified atom stereocenters. The Morgan fingerprint density at radius 3 is 2.89 bits per heavy atom. The molecule has 28 heavy (non-hydrogen) atoms. The zero-order valence-corrected chi connectivity index (χ0v) is 15.9. The minimum Gasteiger partial charge on any atom is -0.356 e. The lowest BCUT2D eigenvalue weighted by Gasteiger charge is -2.33. The lowest BCUT2D eigenvalue weighted by atomic mass is 9.91. The molecule has 6 nitrogen and oxygen atoms in total. The fraction of sp³-hybridized carbons (Fsp3) is 0.333. The number of aryl methyl sites for hydroxylation is 2. The minimum atomic E-state index is -0.409. The van der Waals surface area contributed by atoms with Crippen molar-refractivity contribution in [1.29, 1.82) is 0 Å². The van der Waals surface area contributed by atoms with E-state index in [0.29, 0.717) is 30.2 Å². The van der Waals surface area contributed by atoms with E-state index >= 15 is 0 Å². The zero-order valence-electron chi connectivity index (χ0n) is 15.9. The first-order valence-corrected chi connectivity index (χ1v) is 9.33. The Bertz CT molecular complexity index is 1020. The number of halogens is 1. The van der Waals surface area contributed by atoms with Crippen LogP contribution in [0.15, 0.2) is 41.1 Å². The minimum absolute atomic E-state index is 0.0494. The van der Waals surface area contributed by atoms with Crippen molar-refractivity contribution in [2.45, 2.75) is 32.6 Å². The topological polar surface area (TPSA) is 72.1 Å². The number of rotatable bonds is 3. The molecular formula is C21H21FN4O2. The van der Waals surface area contributed by atoms with E-state index < -0.39 is 5.82 Å². The Morgan fingerprint density at radius 1 is 1.29 bits per heavy atom. The predicted molar refractivity (Wildman–Crippen MR) is 101 cm³/mol. The average molecular weight is 380 g/mol. The number of aromatic nitrogens is 3. The molecule has 1 aromatic carbocycles. The SMILES string of the molecule is Cc1cc(-c2cnc(C)nc2C2CCCN(C(=O)c3cccc(F)c3)C2)on1. The molecule has 0 saturated carbocycles. The molecule has 1 amide bonds. The van der Waals surface area contributed by atoms with Gasteiger partial charge in [-0.05, 0) is 44.9 Å². The van der Waals surface area contributed by atoms with Crippen LogP contribution in [0.2, 0.25) is 0 Å². The summed E-state index contributed by atoms with van der Waals surface area (Å²) in [4.78, 5) is 23.6. The van der Waals surface area contributed by atoms with Crippen molar-refractivity contribution in [2.24, 2.45) is 0 Å². The fourth-order valence-corrected chi connectivity index (χ4v) is 3.67. The van der Waals surface area contributed by atoms with Crippen LogP contribution in [0.25, 0.3) is 11.3 Å². The Morgan fingerprint density at radius 2 is 2.14 bits per heavy atom. The maximum Gasteiger partial charge on any atom is 0.253 e. The normalized spacial score (nSPS) is 17.0. The average Bonchev–Trinajstić information content (AvgIpc) is 3.13. The van der Waals surface area contributed by atoms with Crippen LogP contribution in [-0.4, -0.2) is 39.0 Å². The first-order chi connectivity index (χ1) is 13.5. The van der Waals surface area contributed by atoms with Crippen LogP contribution in [0.5, 0.6) is 0 Å². The highest BCUT2D eigenvalue weighted by Crippen LogP contribution is 2.33. The van der Waals surface area contributed by atoms with Gasteiger partial charge in [0, 0.05) is 36.8 Å². The molecule has 3 aromatic rings.